The summed E-state index contributed by atoms with van der Waals surface area (Å²) in [6.07, 6.45) is 1.38. The molecule has 0 radical (unpaired) electrons. The van der Waals surface area contributed by atoms with E-state index in [2.05, 4.69) is 24.1 Å². The average Bonchev–Trinajstić information content (AvgIpc) is 2.86. The van der Waals surface area contributed by atoms with Crippen molar-refractivity contribution >= 4 is 11.9 Å². The molecule has 6 nitrogen and oxygen atoms in total. The van der Waals surface area contributed by atoms with Crippen molar-refractivity contribution in [3.05, 3.63) is 22.5 Å². The molecule has 1 rings (SSSR count). The first-order valence-corrected chi connectivity index (χ1v) is 8.08. The number of carbonyl (C=O) groups is 2. The number of hydrogen-bond donors (Lipinski definition) is 2. The van der Waals surface area contributed by atoms with E-state index in [1.807, 2.05) is 6.92 Å². The number of H-pyrrole nitrogens is 1. The first kappa shape index (κ1) is 19.2. The molecule has 0 spiro atoms. The lowest BCUT2D eigenvalue weighted by Gasteiger charge is -2.07. The highest BCUT2D eigenvalue weighted by Crippen LogP contribution is 2.20. The molecule has 0 atom stereocenters. The molecule has 1 aromatic rings. The predicted octanol–water partition coefficient (Wildman–Crippen LogP) is 2.46. The van der Waals surface area contributed by atoms with Gasteiger partial charge in [-0.3, -0.25) is 4.79 Å². The highest BCUT2D eigenvalue weighted by atomic mass is 16.5. The SMILES string of the molecule is CCc1[nH]c(C(=O)NCCCOCC(C)C)c(C)c1C(=O)OC. The summed E-state index contributed by atoms with van der Waals surface area (Å²) >= 11 is 0. The number of hydrogen-bond acceptors (Lipinski definition) is 4. The number of methoxy groups -OCH3 is 1. The lowest BCUT2D eigenvalue weighted by molar-refractivity contribution is 0.0599. The Morgan fingerprint density at radius 3 is 2.57 bits per heavy atom. The predicted molar refractivity (Wildman–Crippen MR) is 88.9 cm³/mol. The Bertz CT molecular complexity index is 535. The normalized spacial score (nSPS) is 10.9. The van der Waals surface area contributed by atoms with Crippen molar-refractivity contribution in [1.82, 2.24) is 10.3 Å². The van der Waals surface area contributed by atoms with Crippen LogP contribution in [-0.4, -0.2) is 43.7 Å². The van der Waals surface area contributed by atoms with Crippen molar-refractivity contribution in [2.75, 3.05) is 26.9 Å². The van der Waals surface area contributed by atoms with Crippen LogP contribution < -0.4 is 5.32 Å². The van der Waals surface area contributed by atoms with Crippen molar-refractivity contribution in [3.8, 4) is 0 Å². The molecule has 0 aliphatic rings. The molecule has 6 heteroatoms. The summed E-state index contributed by atoms with van der Waals surface area (Å²) in [5.74, 6) is -0.122. The first-order chi connectivity index (χ1) is 10.9. The van der Waals surface area contributed by atoms with Gasteiger partial charge in [-0.15, -0.1) is 0 Å². The smallest absolute Gasteiger partial charge is 0.339 e. The van der Waals surface area contributed by atoms with Gasteiger partial charge in [-0.1, -0.05) is 20.8 Å². The maximum absolute atomic E-state index is 12.3. The molecule has 2 N–H and O–H groups in total. The number of aromatic amines is 1. The molecule has 0 aliphatic carbocycles. The van der Waals surface area contributed by atoms with Crippen LogP contribution in [0.2, 0.25) is 0 Å². The number of ether oxygens (including phenoxy) is 2. The second kappa shape index (κ2) is 9.35. The van der Waals surface area contributed by atoms with Crippen LogP contribution in [-0.2, 0) is 15.9 Å². The Morgan fingerprint density at radius 1 is 1.30 bits per heavy atom. The Balaban J connectivity index is 2.60. The van der Waals surface area contributed by atoms with E-state index in [1.165, 1.54) is 7.11 Å². The number of carbonyl (C=O) groups excluding carboxylic acids is 2. The highest BCUT2D eigenvalue weighted by Gasteiger charge is 2.23. The average molecular weight is 324 g/mol. The molecule has 0 saturated heterocycles. The minimum Gasteiger partial charge on any atom is -0.465 e. The monoisotopic (exact) mass is 324 g/mol. The van der Waals surface area contributed by atoms with Crippen LogP contribution in [0.1, 0.15) is 59.3 Å². The van der Waals surface area contributed by atoms with E-state index in [-0.39, 0.29) is 5.91 Å². The number of esters is 1. The van der Waals surface area contributed by atoms with Crippen molar-refractivity contribution in [2.45, 2.75) is 40.5 Å². The number of nitrogens with one attached hydrogen (secondary N) is 2. The molecule has 0 aromatic carbocycles. The van der Waals surface area contributed by atoms with Crippen LogP contribution in [0.4, 0.5) is 0 Å². The van der Waals surface area contributed by atoms with Gasteiger partial charge in [0.25, 0.3) is 5.91 Å². The fourth-order valence-electron chi connectivity index (χ4n) is 2.31. The fraction of sp³-hybridized carbons (Fsp3) is 0.647. The van der Waals surface area contributed by atoms with Gasteiger partial charge in [-0.25, -0.2) is 4.79 Å². The molecule has 1 amide bonds. The van der Waals surface area contributed by atoms with E-state index in [1.54, 1.807) is 6.92 Å². The second-order valence-electron chi connectivity index (χ2n) is 5.90. The first-order valence-electron chi connectivity index (χ1n) is 8.08. The van der Waals surface area contributed by atoms with Gasteiger partial charge in [0.15, 0.2) is 0 Å². The summed E-state index contributed by atoms with van der Waals surface area (Å²) in [6, 6.07) is 0. The zero-order chi connectivity index (χ0) is 17.4. The van der Waals surface area contributed by atoms with Crippen LogP contribution in [0.25, 0.3) is 0 Å². The Kier molecular flexibility index (Phi) is 7.81. The largest absolute Gasteiger partial charge is 0.465 e. The van der Waals surface area contributed by atoms with Gasteiger partial charge in [0.2, 0.25) is 0 Å². The van der Waals surface area contributed by atoms with E-state index in [9.17, 15) is 9.59 Å². The molecular formula is C17H28N2O4. The van der Waals surface area contributed by atoms with Crippen molar-refractivity contribution in [3.63, 3.8) is 0 Å². The maximum atomic E-state index is 12.3. The van der Waals surface area contributed by atoms with Crippen LogP contribution in [0.15, 0.2) is 0 Å². The quantitative estimate of drug-likeness (QED) is 0.540. The van der Waals surface area contributed by atoms with Crippen molar-refractivity contribution in [2.24, 2.45) is 5.92 Å². The van der Waals surface area contributed by atoms with Crippen LogP contribution >= 0.6 is 0 Å². The molecule has 130 valence electrons. The molecule has 1 heterocycles. The number of aromatic nitrogens is 1. The summed E-state index contributed by atoms with van der Waals surface area (Å²) in [7, 11) is 1.34. The highest BCUT2D eigenvalue weighted by molar-refractivity contribution is 6.00. The molecular weight excluding hydrogens is 296 g/mol. The molecule has 0 bridgehead atoms. The summed E-state index contributed by atoms with van der Waals surface area (Å²) < 4.78 is 10.3. The third-order valence-electron chi connectivity index (χ3n) is 3.50. The number of rotatable bonds is 9. The van der Waals surface area contributed by atoms with Gasteiger partial charge in [-0.2, -0.15) is 0 Å². The second-order valence-corrected chi connectivity index (χ2v) is 5.90. The Morgan fingerprint density at radius 2 is 2.00 bits per heavy atom. The van der Waals surface area contributed by atoms with Crippen molar-refractivity contribution in [1.29, 1.82) is 0 Å². The van der Waals surface area contributed by atoms with E-state index in [4.69, 9.17) is 9.47 Å². The van der Waals surface area contributed by atoms with Gasteiger partial charge in [0.05, 0.1) is 12.7 Å². The molecule has 0 saturated carbocycles. The molecule has 0 unspecified atom stereocenters. The topological polar surface area (TPSA) is 80.4 Å². The summed E-state index contributed by atoms with van der Waals surface area (Å²) in [6.45, 7) is 9.75. The van der Waals surface area contributed by atoms with Gasteiger partial charge in [0.1, 0.15) is 5.69 Å². The Hall–Kier alpha value is -1.82. The van der Waals surface area contributed by atoms with E-state index < -0.39 is 5.97 Å². The summed E-state index contributed by atoms with van der Waals surface area (Å²) in [4.78, 5) is 27.1. The maximum Gasteiger partial charge on any atom is 0.339 e. The van der Waals surface area contributed by atoms with Gasteiger partial charge in [-0.05, 0) is 31.2 Å². The third-order valence-corrected chi connectivity index (χ3v) is 3.50. The zero-order valence-corrected chi connectivity index (χ0v) is 14.7. The lowest BCUT2D eigenvalue weighted by Crippen LogP contribution is -2.26. The standard InChI is InChI=1S/C17H28N2O4/c1-6-13-14(17(21)22-5)12(4)15(19-13)16(20)18-8-7-9-23-10-11(2)3/h11,19H,6-10H2,1-5H3,(H,18,20). The van der Waals surface area contributed by atoms with Gasteiger partial charge < -0.3 is 19.8 Å². The minimum atomic E-state index is -0.420. The lowest BCUT2D eigenvalue weighted by atomic mass is 10.1. The zero-order valence-electron chi connectivity index (χ0n) is 14.7. The van der Waals surface area contributed by atoms with Crippen LogP contribution in [0.3, 0.4) is 0 Å². The third kappa shape index (κ3) is 5.39. The molecule has 0 fully saturated rings. The molecule has 0 aliphatic heterocycles. The van der Waals surface area contributed by atoms with E-state index >= 15 is 0 Å². The van der Waals surface area contributed by atoms with Crippen LogP contribution in [0, 0.1) is 12.8 Å². The fourth-order valence-corrected chi connectivity index (χ4v) is 2.31. The van der Waals surface area contributed by atoms with Gasteiger partial charge in [0, 0.05) is 25.5 Å². The number of amides is 1. The summed E-state index contributed by atoms with van der Waals surface area (Å²) in [5.41, 5.74) is 2.23. The minimum absolute atomic E-state index is 0.212. The van der Waals surface area contributed by atoms with Crippen LogP contribution in [0.5, 0.6) is 0 Å². The summed E-state index contributed by atoms with van der Waals surface area (Å²) in [5, 5.41) is 2.85. The van der Waals surface area contributed by atoms with E-state index in [0.29, 0.717) is 42.3 Å². The number of aryl methyl sites for hydroxylation is 1. The van der Waals surface area contributed by atoms with Crippen molar-refractivity contribution < 1.29 is 19.1 Å². The molecule has 23 heavy (non-hydrogen) atoms. The molecule has 1 aromatic heterocycles. The van der Waals surface area contributed by atoms with E-state index in [0.717, 1.165) is 18.7 Å². The Labute approximate surface area is 137 Å². The van der Waals surface area contributed by atoms with Gasteiger partial charge >= 0.3 is 5.97 Å².